The summed E-state index contributed by atoms with van der Waals surface area (Å²) >= 11 is 0. The van der Waals surface area contributed by atoms with Crippen LogP contribution in [-0.4, -0.2) is 44.5 Å². The summed E-state index contributed by atoms with van der Waals surface area (Å²) in [5, 5.41) is 3.30. The van der Waals surface area contributed by atoms with Crippen molar-refractivity contribution in [1.29, 1.82) is 0 Å². The molecule has 5 rings (SSSR count). The van der Waals surface area contributed by atoms with Gasteiger partial charge in [-0.2, -0.15) is 0 Å². The molecular weight excluding hydrogens is 440 g/mol. The number of amides is 2. The van der Waals surface area contributed by atoms with Gasteiger partial charge in [-0.1, -0.05) is 31.2 Å². The topological polar surface area (TPSA) is 76.5 Å². The molecule has 1 N–H and O–H groups in total. The molecule has 184 valence electrons. The Bertz CT molecular complexity index is 1230. The zero-order valence-electron chi connectivity index (χ0n) is 20.8. The van der Waals surface area contributed by atoms with Crippen LogP contribution in [0.3, 0.4) is 0 Å². The number of nitrogens with zero attached hydrogens (tertiary/aromatic N) is 3. The molecule has 1 saturated carbocycles. The van der Waals surface area contributed by atoms with Crippen molar-refractivity contribution in [2.24, 2.45) is 5.92 Å². The van der Waals surface area contributed by atoms with E-state index < -0.39 is 5.54 Å². The third kappa shape index (κ3) is 4.40. The molecule has 0 radical (unpaired) electrons. The van der Waals surface area contributed by atoms with Gasteiger partial charge in [-0.25, -0.2) is 4.98 Å². The number of nitrogens with one attached hydrogen (secondary N) is 1. The highest BCUT2D eigenvalue weighted by molar-refractivity contribution is 6.01. The van der Waals surface area contributed by atoms with Gasteiger partial charge in [-0.05, 0) is 75.3 Å². The van der Waals surface area contributed by atoms with Gasteiger partial charge >= 0.3 is 0 Å². The zero-order chi connectivity index (χ0) is 24.6. The van der Waals surface area contributed by atoms with Gasteiger partial charge in [0, 0.05) is 12.6 Å². The van der Waals surface area contributed by atoms with Gasteiger partial charge in [0.15, 0.2) is 5.82 Å². The summed E-state index contributed by atoms with van der Waals surface area (Å²) in [4.78, 5) is 34.1. The molecule has 1 fully saturated rings. The Morgan fingerprint density at radius 1 is 1.11 bits per heavy atom. The number of ether oxygens (including phenoxy) is 1. The second-order valence-corrected chi connectivity index (χ2v) is 10.2. The first kappa shape index (κ1) is 23.4. The predicted octanol–water partition coefficient (Wildman–Crippen LogP) is 4.54. The molecule has 1 aliphatic heterocycles. The third-order valence-corrected chi connectivity index (χ3v) is 7.57. The van der Waals surface area contributed by atoms with E-state index in [0.717, 1.165) is 48.0 Å². The van der Waals surface area contributed by atoms with Gasteiger partial charge < -0.3 is 19.5 Å². The summed E-state index contributed by atoms with van der Waals surface area (Å²) < 4.78 is 7.48. The fraction of sp³-hybridized carbons (Fsp3) is 0.464. The molecule has 2 heterocycles. The molecule has 7 heteroatoms. The standard InChI is InChI=1S/C28H34N4O3/c1-4-35-22-15-11-20(12-16-22)17-32-26(33)25-30-23-7-5-6-8-24(23)31(25)18-28(32,3)27(34)29-21-13-9-19(2)10-14-21/h5-8,11-12,15-16,19,21H,4,9-10,13-14,17-18H2,1-3H3,(H,29,34). The molecule has 1 aliphatic carbocycles. The van der Waals surface area contributed by atoms with E-state index in [1.54, 1.807) is 4.90 Å². The number of hydrogen-bond acceptors (Lipinski definition) is 4. The van der Waals surface area contributed by atoms with Crippen molar-refractivity contribution in [2.75, 3.05) is 6.61 Å². The van der Waals surface area contributed by atoms with E-state index in [1.807, 2.05) is 66.9 Å². The van der Waals surface area contributed by atoms with E-state index in [-0.39, 0.29) is 17.9 Å². The highest BCUT2D eigenvalue weighted by atomic mass is 16.5. The number of para-hydroxylation sites is 2. The number of aromatic nitrogens is 2. The van der Waals surface area contributed by atoms with Crippen LogP contribution in [0, 0.1) is 5.92 Å². The van der Waals surface area contributed by atoms with Crippen LogP contribution in [0.25, 0.3) is 11.0 Å². The zero-order valence-corrected chi connectivity index (χ0v) is 20.8. The summed E-state index contributed by atoms with van der Waals surface area (Å²) in [6, 6.07) is 15.6. The predicted molar refractivity (Wildman–Crippen MR) is 135 cm³/mol. The minimum atomic E-state index is -1.05. The lowest BCUT2D eigenvalue weighted by Gasteiger charge is -2.44. The first-order valence-electron chi connectivity index (χ1n) is 12.7. The van der Waals surface area contributed by atoms with Gasteiger partial charge in [-0.15, -0.1) is 0 Å². The lowest BCUT2D eigenvalue weighted by molar-refractivity contribution is -0.134. The SMILES string of the molecule is CCOc1ccc(CN2C(=O)c3nc4ccccc4n3CC2(C)C(=O)NC2CCC(C)CC2)cc1. The van der Waals surface area contributed by atoms with E-state index in [9.17, 15) is 9.59 Å². The fourth-order valence-electron chi connectivity index (χ4n) is 5.36. The van der Waals surface area contributed by atoms with Crippen LogP contribution < -0.4 is 10.1 Å². The van der Waals surface area contributed by atoms with Crippen molar-refractivity contribution in [3.63, 3.8) is 0 Å². The lowest BCUT2D eigenvalue weighted by Crippen LogP contribution is -2.64. The second-order valence-electron chi connectivity index (χ2n) is 10.2. The Balaban J connectivity index is 1.49. The molecule has 0 spiro atoms. The average molecular weight is 475 g/mol. The van der Waals surface area contributed by atoms with Crippen LogP contribution in [0.2, 0.25) is 0 Å². The Hall–Kier alpha value is -3.35. The number of rotatable bonds is 6. The molecule has 2 aromatic carbocycles. The van der Waals surface area contributed by atoms with Crippen LogP contribution in [0.15, 0.2) is 48.5 Å². The van der Waals surface area contributed by atoms with E-state index in [1.165, 1.54) is 0 Å². The van der Waals surface area contributed by atoms with Gasteiger partial charge in [-0.3, -0.25) is 9.59 Å². The second kappa shape index (κ2) is 9.36. The highest BCUT2D eigenvalue weighted by Crippen LogP contribution is 2.33. The van der Waals surface area contributed by atoms with Crippen LogP contribution in [0.4, 0.5) is 0 Å². The lowest BCUT2D eigenvalue weighted by atomic mass is 9.86. The van der Waals surface area contributed by atoms with Gasteiger partial charge in [0.05, 0.1) is 24.2 Å². The number of carbonyl (C=O) groups excluding carboxylic acids is 2. The van der Waals surface area contributed by atoms with Crippen LogP contribution in [-0.2, 0) is 17.9 Å². The number of benzene rings is 2. The Labute approximate surface area is 206 Å². The van der Waals surface area contributed by atoms with E-state index >= 15 is 0 Å². The Morgan fingerprint density at radius 3 is 2.54 bits per heavy atom. The maximum absolute atomic E-state index is 13.9. The normalized spacial score (nSPS) is 24.3. The number of imidazole rings is 1. The molecule has 1 atom stereocenters. The fourth-order valence-corrected chi connectivity index (χ4v) is 5.36. The number of fused-ring (bicyclic) bond motifs is 3. The van der Waals surface area contributed by atoms with Crippen LogP contribution >= 0.6 is 0 Å². The summed E-state index contributed by atoms with van der Waals surface area (Å²) in [5.74, 6) is 1.55. The summed E-state index contributed by atoms with van der Waals surface area (Å²) in [5.41, 5.74) is 1.54. The van der Waals surface area contributed by atoms with Crippen molar-refractivity contribution < 1.29 is 14.3 Å². The summed E-state index contributed by atoms with van der Waals surface area (Å²) in [6.07, 6.45) is 4.20. The molecule has 1 unspecified atom stereocenters. The highest BCUT2D eigenvalue weighted by Gasteiger charge is 2.48. The van der Waals surface area contributed by atoms with Crippen molar-refractivity contribution >= 4 is 22.8 Å². The largest absolute Gasteiger partial charge is 0.494 e. The monoisotopic (exact) mass is 474 g/mol. The van der Waals surface area contributed by atoms with Crippen molar-refractivity contribution in [3.05, 3.63) is 59.9 Å². The Kier molecular flexibility index (Phi) is 6.26. The molecule has 2 amide bonds. The maximum Gasteiger partial charge on any atom is 0.291 e. The minimum absolute atomic E-state index is 0.0974. The molecule has 35 heavy (non-hydrogen) atoms. The molecule has 0 saturated heterocycles. The van der Waals surface area contributed by atoms with Crippen LogP contribution in [0.5, 0.6) is 5.75 Å². The molecular formula is C28H34N4O3. The van der Waals surface area contributed by atoms with Gasteiger partial charge in [0.25, 0.3) is 5.91 Å². The van der Waals surface area contributed by atoms with Crippen LogP contribution in [0.1, 0.15) is 62.6 Å². The summed E-state index contributed by atoms with van der Waals surface area (Å²) in [6.45, 7) is 7.38. The average Bonchev–Trinajstić information content (AvgIpc) is 3.23. The molecule has 2 aliphatic rings. The quantitative estimate of drug-likeness (QED) is 0.569. The van der Waals surface area contributed by atoms with Gasteiger partial charge in [0.2, 0.25) is 5.91 Å². The first-order valence-corrected chi connectivity index (χ1v) is 12.7. The number of hydrogen-bond donors (Lipinski definition) is 1. The molecule has 1 aromatic heterocycles. The smallest absolute Gasteiger partial charge is 0.291 e. The van der Waals surface area contributed by atoms with Crippen molar-refractivity contribution in [3.8, 4) is 5.75 Å². The number of carbonyl (C=O) groups is 2. The van der Waals surface area contributed by atoms with Crippen molar-refractivity contribution in [1.82, 2.24) is 19.8 Å². The van der Waals surface area contributed by atoms with E-state index in [4.69, 9.17) is 4.74 Å². The van der Waals surface area contributed by atoms with Crippen molar-refractivity contribution in [2.45, 2.75) is 71.1 Å². The minimum Gasteiger partial charge on any atom is -0.494 e. The van der Waals surface area contributed by atoms with Gasteiger partial charge in [0.1, 0.15) is 11.3 Å². The molecule has 3 aromatic rings. The molecule has 7 nitrogen and oxygen atoms in total. The van der Waals surface area contributed by atoms with E-state index in [0.29, 0.717) is 31.4 Å². The first-order chi connectivity index (χ1) is 16.9. The summed E-state index contributed by atoms with van der Waals surface area (Å²) in [7, 11) is 0. The molecule has 0 bridgehead atoms. The maximum atomic E-state index is 13.9. The Morgan fingerprint density at radius 2 is 1.83 bits per heavy atom. The van der Waals surface area contributed by atoms with E-state index in [2.05, 4.69) is 17.2 Å². The third-order valence-electron chi connectivity index (χ3n) is 7.57.